The molecule has 2 saturated heterocycles. The number of amides is 1. The molecule has 0 aromatic carbocycles. The molecule has 96 valence electrons. The molecule has 1 N–H and O–H groups in total. The van der Waals surface area contributed by atoms with E-state index >= 15 is 0 Å². The highest BCUT2D eigenvalue weighted by molar-refractivity contribution is 5.86. The molecule has 0 aromatic rings. The zero-order valence-corrected chi connectivity index (χ0v) is 9.85. The lowest BCUT2D eigenvalue weighted by Gasteiger charge is -2.33. The molecule has 6 nitrogen and oxygen atoms in total. The zero-order chi connectivity index (χ0) is 12.5. The smallest absolute Gasteiger partial charge is 0.408 e. The van der Waals surface area contributed by atoms with E-state index in [2.05, 4.69) is 0 Å². The van der Waals surface area contributed by atoms with Gasteiger partial charge in [-0.1, -0.05) is 0 Å². The average Bonchev–Trinajstić information content (AvgIpc) is 3.04. The molecule has 2 unspecified atom stereocenters. The Balaban J connectivity index is 2.14. The molecule has 0 aliphatic carbocycles. The lowest BCUT2D eigenvalue weighted by Crippen LogP contribution is -2.53. The monoisotopic (exact) mass is 243 g/mol. The predicted octanol–water partition coefficient (Wildman–Crippen LogP) is 0.851. The Kier molecular flexibility index (Phi) is 3.24. The molecule has 2 fully saturated rings. The fraction of sp³-hybridized carbons (Fsp3) is 0.818. The molecule has 17 heavy (non-hydrogen) atoms. The molecule has 0 spiro atoms. The number of carboxylic acid groups (broad SMARTS) is 1. The summed E-state index contributed by atoms with van der Waals surface area (Å²) in [5, 5.41) is 9.16. The van der Waals surface area contributed by atoms with E-state index in [0.717, 1.165) is 0 Å². The summed E-state index contributed by atoms with van der Waals surface area (Å²) in [5.41, 5.74) is -0.994. The molecule has 0 bridgehead atoms. The van der Waals surface area contributed by atoms with Crippen molar-refractivity contribution in [2.45, 2.75) is 37.3 Å². The van der Waals surface area contributed by atoms with Gasteiger partial charge in [0.1, 0.15) is 5.54 Å². The zero-order valence-electron chi connectivity index (χ0n) is 9.85. The molecule has 0 radical (unpaired) electrons. The summed E-state index contributed by atoms with van der Waals surface area (Å²) >= 11 is 0. The van der Waals surface area contributed by atoms with Gasteiger partial charge >= 0.3 is 12.1 Å². The largest absolute Gasteiger partial charge is 0.467 e. The summed E-state index contributed by atoms with van der Waals surface area (Å²) < 4.78 is 9.89. The van der Waals surface area contributed by atoms with Gasteiger partial charge in [-0.25, -0.2) is 9.59 Å². The van der Waals surface area contributed by atoms with Gasteiger partial charge in [0.2, 0.25) is 0 Å². The third-order valence-electron chi connectivity index (χ3n) is 3.57. The second kappa shape index (κ2) is 4.52. The molecule has 2 heterocycles. The number of esters is 1. The third kappa shape index (κ3) is 2.22. The first-order valence-electron chi connectivity index (χ1n) is 5.81. The van der Waals surface area contributed by atoms with Crippen LogP contribution >= 0.6 is 0 Å². The van der Waals surface area contributed by atoms with Crippen LogP contribution in [0.3, 0.4) is 0 Å². The Hall–Kier alpha value is -1.30. The normalized spacial score (nSPS) is 31.4. The summed E-state index contributed by atoms with van der Waals surface area (Å²) in [6, 6.07) is 0. The van der Waals surface area contributed by atoms with Crippen molar-refractivity contribution in [2.75, 3.05) is 20.3 Å². The highest BCUT2D eigenvalue weighted by Gasteiger charge is 2.51. The summed E-state index contributed by atoms with van der Waals surface area (Å²) in [7, 11) is 1.30. The van der Waals surface area contributed by atoms with Crippen LogP contribution in [0.5, 0.6) is 0 Å². The van der Waals surface area contributed by atoms with Gasteiger partial charge in [-0.15, -0.1) is 0 Å². The number of ether oxygens (including phenoxy) is 2. The van der Waals surface area contributed by atoms with Gasteiger partial charge < -0.3 is 14.6 Å². The quantitative estimate of drug-likeness (QED) is 0.585. The van der Waals surface area contributed by atoms with Gasteiger partial charge in [-0.3, -0.25) is 4.90 Å². The standard InChI is InChI=1S/C11H17NO5/c1-16-9(13)11(5-3-8-7-17-8)4-2-6-12(11)10(14)15/h8H,2-7H2,1H3,(H,14,15). The highest BCUT2D eigenvalue weighted by Crippen LogP contribution is 2.36. The van der Waals surface area contributed by atoms with E-state index in [0.29, 0.717) is 38.8 Å². The van der Waals surface area contributed by atoms with Crippen molar-refractivity contribution in [1.29, 1.82) is 0 Å². The van der Waals surface area contributed by atoms with Crippen LogP contribution in [0.4, 0.5) is 4.79 Å². The van der Waals surface area contributed by atoms with Crippen LogP contribution in [0.2, 0.25) is 0 Å². The second-order valence-electron chi connectivity index (χ2n) is 4.55. The van der Waals surface area contributed by atoms with Crippen molar-refractivity contribution >= 4 is 12.1 Å². The van der Waals surface area contributed by atoms with E-state index in [9.17, 15) is 9.59 Å². The van der Waals surface area contributed by atoms with E-state index in [1.165, 1.54) is 12.0 Å². The first-order chi connectivity index (χ1) is 8.10. The lowest BCUT2D eigenvalue weighted by molar-refractivity contribution is -0.153. The van der Waals surface area contributed by atoms with Gasteiger partial charge in [-0.05, 0) is 25.7 Å². The maximum Gasteiger partial charge on any atom is 0.408 e. The van der Waals surface area contributed by atoms with E-state index in [-0.39, 0.29) is 6.10 Å². The number of hydrogen-bond donors (Lipinski definition) is 1. The van der Waals surface area contributed by atoms with Gasteiger partial charge in [-0.2, -0.15) is 0 Å². The number of nitrogens with zero attached hydrogens (tertiary/aromatic N) is 1. The van der Waals surface area contributed by atoms with Crippen molar-refractivity contribution in [3.05, 3.63) is 0 Å². The first kappa shape index (κ1) is 12.2. The highest BCUT2D eigenvalue weighted by atomic mass is 16.6. The average molecular weight is 243 g/mol. The van der Waals surface area contributed by atoms with E-state index < -0.39 is 17.6 Å². The van der Waals surface area contributed by atoms with Crippen LogP contribution in [0.25, 0.3) is 0 Å². The molecule has 2 atom stereocenters. The topological polar surface area (TPSA) is 79.4 Å². The van der Waals surface area contributed by atoms with Gasteiger partial charge in [0, 0.05) is 6.54 Å². The number of methoxy groups -OCH3 is 1. The van der Waals surface area contributed by atoms with Crippen LogP contribution in [0.15, 0.2) is 0 Å². The number of likely N-dealkylation sites (tertiary alicyclic amines) is 1. The second-order valence-corrected chi connectivity index (χ2v) is 4.55. The number of epoxide rings is 1. The Morgan fingerprint density at radius 1 is 1.59 bits per heavy atom. The maximum atomic E-state index is 11.9. The fourth-order valence-corrected chi connectivity index (χ4v) is 2.56. The number of carbonyl (C=O) groups is 2. The molecule has 2 rings (SSSR count). The van der Waals surface area contributed by atoms with Crippen molar-refractivity contribution in [3.63, 3.8) is 0 Å². The first-order valence-corrected chi connectivity index (χ1v) is 5.81. The summed E-state index contributed by atoms with van der Waals surface area (Å²) in [5.74, 6) is -0.446. The van der Waals surface area contributed by atoms with Crippen molar-refractivity contribution in [2.24, 2.45) is 0 Å². The Morgan fingerprint density at radius 3 is 2.82 bits per heavy atom. The van der Waals surface area contributed by atoms with Gasteiger partial charge in [0.15, 0.2) is 0 Å². The molecule has 0 saturated carbocycles. The number of carbonyl (C=O) groups excluding carboxylic acids is 1. The fourth-order valence-electron chi connectivity index (χ4n) is 2.56. The molecule has 1 amide bonds. The number of hydrogen-bond acceptors (Lipinski definition) is 4. The van der Waals surface area contributed by atoms with Crippen LogP contribution in [-0.4, -0.2) is 54.0 Å². The van der Waals surface area contributed by atoms with Crippen molar-refractivity contribution in [3.8, 4) is 0 Å². The Labute approximate surface area is 99.5 Å². The minimum Gasteiger partial charge on any atom is -0.467 e. The Bertz CT molecular complexity index is 328. The van der Waals surface area contributed by atoms with E-state index in [1.807, 2.05) is 0 Å². The van der Waals surface area contributed by atoms with Crippen LogP contribution in [-0.2, 0) is 14.3 Å². The van der Waals surface area contributed by atoms with Crippen LogP contribution < -0.4 is 0 Å². The lowest BCUT2D eigenvalue weighted by atomic mass is 9.90. The molecule has 2 aliphatic rings. The third-order valence-corrected chi connectivity index (χ3v) is 3.57. The van der Waals surface area contributed by atoms with Crippen LogP contribution in [0.1, 0.15) is 25.7 Å². The molecular weight excluding hydrogens is 226 g/mol. The minimum absolute atomic E-state index is 0.188. The number of rotatable bonds is 4. The minimum atomic E-state index is -1.05. The van der Waals surface area contributed by atoms with Crippen molar-refractivity contribution in [1.82, 2.24) is 4.90 Å². The SMILES string of the molecule is COC(=O)C1(CCC2CO2)CCCN1C(=O)O. The summed E-state index contributed by atoms with van der Waals surface area (Å²) in [6.45, 7) is 1.11. The van der Waals surface area contributed by atoms with Gasteiger partial charge in [0.25, 0.3) is 0 Å². The molecule has 2 aliphatic heterocycles. The molecule has 6 heteroatoms. The van der Waals surface area contributed by atoms with E-state index in [4.69, 9.17) is 14.6 Å². The Morgan fingerprint density at radius 2 is 2.29 bits per heavy atom. The predicted molar refractivity (Wildman–Crippen MR) is 57.7 cm³/mol. The maximum absolute atomic E-state index is 11.9. The molecular formula is C11H17NO5. The summed E-state index contributed by atoms with van der Waals surface area (Å²) in [6.07, 6.45) is 1.57. The van der Waals surface area contributed by atoms with E-state index in [1.54, 1.807) is 0 Å². The van der Waals surface area contributed by atoms with Gasteiger partial charge in [0.05, 0.1) is 19.8 Å². The van der Waals surface area contributed by atoms with Crippen LogP contribution in [0, 0.1) is 0 Å². The van der Waals surface area contributed by atoms with Crippen molar-refractivity contribution < 1.29 is 24.2 Å². The molecule has 0 aromatic heterocycles. The summed E-state index contributed by atoms with van der Waals surface area (Å²) in [4.78, 5) is 24.3.